The van der Waals surface area contributed by atoms with Gasteiger partial charge in [0.05, 0.1) is 12.7 Å². The number of rotatable bonds is 7. The zero-order valence-corrected chi connectivity index (χ0v) is 12.0. The summed E-state index contributed by atoms with van der Waals surface area (Å²) in [5.41, 5.74) is 2.31. The van der Waals surface area contributed by atoms with Crippen LogP contribution in [0.1, 0.15) is 27.7 Å². The molecule has 1 aromatic rings. The molecule has 1 aromatic heterocycles. The second-order valence-electron chi connectivity index (χ2n) is 4.19. The Labute approximate surface area is 117 Å². The van der Waals surface area contributed by atoms with Crippen LogP contribution in [0.4, 0.5) is 11.9 Å². The third-order valence-corrected chi connectivity index (χ3v) is 2.07. The van der Waals surface area contributed by atoms with Crippen LogP contribution in [0.25, 0.3) is 0 Å². The molecule has 0 radical (unpaired) electrons. The van der Waals surface area contributed by atoms with E-state index < -0.39 is 12.0 Å². The molecule has 1 unspecified atom stereocenters. The first-order valence-electron chi connectivity index (χ1n) is 6.28. The predicted octanol–water partition coefficient (Wildman–Crippen LogP) is 0.308. The van der Waals surface area contributed by atoms with Crippen molar-refractivity contribution in [1.82, 2.24) is 15.0 Å². The molecule has 1 rings (SSSR count). The van der Waals surface area contributed by atoms with Gasteiger partial charge in [0.1, 0.15) is 6.04 Å². The van der Waals surface area contributed by atoms with Gasteiger partial charge in [-0.25, -0.2) is 10.6 Å². The molecule has 0 saturated heterocycles. The van der Waals surface area contributed by atoms with E-state index in [4.69, 9.17) is 15.3 Å². The zero-order valence-electron chi connectivity index (χ0n) is 12.0. The topological polar surface area (TPSA) is 124 Å². The smallest absolute Gasteiger partial charge is 0.328 e. The second-order valence-corrected chi connectivity index (χ2v) is 4.19. The Hall–Kier alpha value is -2.16. The van der Waals surface area contributed by atoms with E-state index in [1.165, 1.54) is 0 Å². The maximum Gasteiger partial charge on any atom is 0.328 e. The summed E-state index contributed by atoms with van der Waals surface area (Å²) >= 11 is 0. The van der Waals surface area contributed by atoms with E-state index in [2.05, 4.69) is 25.7 Å². The van der Waals surface area contributed by atoms with E-state index >= 15 is 0 Å². The number of nitrogens with zero attached hydrogens (tertiary/aromatic N) is 3. The quantitative estimate of drug-likeness (QED) is 0.368. The Morgan fingerprint density at radius 1 is 1.25 bits per heavy atom. The number of anilines is 2. The summed E-state index contributed by atoms with van der Waals surface area (Å²) in [6, 6.07) is -0.489. The summed E-state index contributed by atoms with van der Waals surface area (Å²) in [5.74, 6) is 5.18. The van der Waals surface area contributed by atoms with Crippen molar-refractivity contribution in [2.45, 2.75) is 39.8 Å². The highest BCUT2D eigenvalue weighted by Crippen LogP contribution is 2.12. The fourth-order valence-corrected chi connectivity index (χ4v) is 1.27. The van der Waals surface area contributed by atoms with Gasteiger partial charge in [-0.2, -0.15) is 15.0 Å². The van der Waals surface area contributed by atoms with Crippen LogP contribution >= 0.6 is 0 Å². The summed E-state index contributed by atoms with van der Waals surface area (Å²) < 4.78 is 10.3. The zero-order chi connectivity index (χ0) is 15.1. The third-order valence-electron chi connectivity index (χ3n) is 2.07. The standard InChI is InChI=1S/C11H20N6O3/c1-5-19-8(18)7(4)13-9-14-10(17-12)16-11(15-9)20-6(2)3/h6-7H,5,12H2,1-4H3,(H2,13,14,15,16,17). The molecule has 0 spiro atoms. The van der Waals surface area contributed by atoms with Crippen molar-refractivity contribution in [3.05, 3.63) is 0 Å². The molecule has 9 heteroatoms. The minimum absolute atomic E-state index is 0.0987. The Morgan fingerprint density at radius 3 is 2.45 bits per heavy atom. The van der Waals surface area contributed by atoms with E-state index in [-0.39, 0.29) is 24.0 Å². The van der Waals surface area contributed by atoms with Crippen LogP contribution in [0.2, 0.25) is 0 Å². The third kappa shape index (κ3) is 4.84. The van der Waals surface area contributed by atoms with Crippen molar-refractivity contribution in [2.75, 3.05) is 17.3 Å². The van der Waals surface area contributed by atoms with Gasteiger partial charge >= 0.3 is 12.0 Å². The van der Waals surface area contributed by atoms with Crippen LogP contribution in [0.15, 0.2) is 0 Å². The lowest BCUT2D eigenvalue weighted by Gasteiger charge is -2.14. The summed E-state index contributed by atoms with van der Waals surface area (Å²) in [4.78, 5) is 23.5. The van der Waals surface area contributed by atoms with Gasteiger partial charge in [-0.3, -0.25) is 5.43 Å². The average Bonchev–Trinajstić information content (AvgIpc) is 2.37. The normalized spacial score (nSPS) is 11.9. The first-order valence-corrected chi connectivity index (χ1v) is 6.28. The van der Waals surface area contributed by atoms with Gasteiger partial charge in [-0.05, 0) is 27.7 Å². The number of carbonyl (C=O) groups is 1. The number of carbonyl (C=O) groups excluding carboxylic acids is 1. The number of hydrogen-bond donors (Lipinski definition) is 3. The minimum Gasteiger partial charge on any atom is -0.464 e. The van der Waals surface area contributed by atoms with E-state index in [9.17, 15) is 4.79 Å². The first kappa shape index (κ1) is 15.9. The van der Waals surface area contributed by atoms with E-state index in [1.54, 1.807) is 13.8 Å². The highest BCUT2D eigenvalue weighted by atomic mass is 16.5. The Morgan fingerprint density at radius 2 is 1.90 bits per heavy atom. The molecule has 0 saturated carbocycles. The maximum absolute atomic E-state index is 11.5. The lowest BCUT2D eigenvalue weighted by Crippen LogP contribution is -2.29. The largest absolute Gasteiger partial charge is 0.464 e. The molecule has 0 fully saturated rings. The predicted molar refractivity (Wildman–Crippen MR) is 73.1 cm³/mol. The summed E-state index contributed by atoms with van der Waals surface area (Å²) in [5, 5.41) is 2.80. The molecule has 1 atom stereocenters. The molecule has 0 amide bonds. The number of esters is 1. The Kier molecular flexibility index (Phi) is 5.91. The number of hydrogen-bond acceptors (Lipinski definition) is 9. The van der Waals surface area contributed by atoms with Crippen LogP contribution in [-0.4, -0.2) is 39.7 Å². The lowest BCUT2D eigenvalue weighted by atomic mass is 10.3. The summed E-state index contributed by atoms with van der Waals surface area (Å²) in [6.07, 6.45) is -0.0987. The first-order chi connectivity index (χ1) is 9.46. The number of ether oxygens (including phenoxy) is 2. The van der Waals surface area contributed by atoms with Crippen molar-refractivity contribution in [1.29, 1.82) is 0 Å². The van der Waals surface area contributed by atoms with Gasteiger partial charge in [0, 0.05) is 0 Å². The van der Waals surface area contributed by atoms with Crippen molar-refractivity contribution in [3.63, 3.8) is 0 Å². The fourth-order valence-electron chi connectivity index (χ4n) is 1.27. The van der Waals surface area contributed by atoms with Gasteiger partial charge in [-0.1, -0.05) is 0 Å². The molecule has 0 aliphatic rings. The van der Waals surface area contributed by atoms with Crippen molar-refractivity contribution in [2.24, 2.45) is 5.84 Å². The van der Waals surface area contributed by atoms with Crippen LogP contribution in [0.5, 0.6) is 6.01 Å². The van der Waals surface area contributed by atoms with Crippen molar-refractivity contribution < 1.29 is 14.3 Å². The number of nitrogens with one attached hydrogen (secondary N) is 2. The van der Waals surface area contributed by atoms with Gasteiger partial charge in [0.2, 0.25) is 11.9 Å². The fraction of sp³-hybridized carbons (Fsp3) is 0.636. The number of nitrogens with two attached hydrogens (primary N) is 1. The highest BCUT2D eigenvalue weighted by Gasteiger charge is 2.16. The SMILES string of the molecule is CCOC(=O)C(C)Nc1nc(NN)nc(OC(C)C)n1. The van der Waals surface area contributed by atoms with Gasteiger partial charge < -0.3 is 14.8 Å². The van der Waals surface area contributed by atoms with E-state index in [0.29, 0.717) is 6.61 Å². The minimum atomic E-state index is -0.602. The molecule has 0 aromatic carbocycles. The van der Waals surface area contributed by atoms with Gasteiger partial charge in [-0.15, -0.1) is 0 Å². The molecule has 9 nitrogen and oxygen atoms in total. The molecular formula is C11H20N6O3. The Balaban J connectivity index is 2.85. The molecule has 112 valence electrons. The molecular weight excluding hydrogens is 264 g/mol. The second kappa shape index (κ2) is 7.43. The van der Waals surface area contributed by atoms with Gasteiger partial charge in [0.25, 0.3) is 0 Å². The molecule has 20 heavy (non-hydrogen) atoms. The highest BCUT2D eigenvalue weighted by molar-refractivity contribution is 5.78. The summed E-state index contributed by atoms with van der Waals surface area (Å²) in [7, 11) is 0. The Bertz CT molecular complexity index is 454. The van der Waals surface area contributed by atoms with Crippen molar-refractivity contribution >= 4 is 17.9 Å². The van der Waals surface area contributed by atoms with Crippen molar-refractivity contribution in [3.8, 4) is 6.01 Å². The van der Waals surface area contributed by atoms with E-state index in [0.717, 1.165) is 0 Å². The van der Waals surface area contributed by atoms with E-state index in [1.807, 2.05) is 13.8 Å². The van der Waals surface area contributed by atoms with Crippen LogP contribution < -0.4 is 21.3 Å². The molecule has 0 aliphatic carbocycles. The van der Waals surface area contributed by atoms with Gasteiger partial charge in [0.15, 0.2) is 0 Å². The maximum atomic E-state index is 11.5. The monoisotopic (exact) mass is 284 g/mol. The molecule has 0 bridgehead atoms. The lowest BCUT2D eigenvalue weighted by molar-refractivity contribution is -0.143. The van der Waals surface area contributed by atoms with Crippen LogP contribution in [0, 0.1) is 0 Å². The average molecular weight is 284 g/mol. The van der Waals surface area contributed by atoms with Crippen LogP contribution in [0.3, 0.4) is 0 Å². The number of aromatic nitrogens is 3. The summed E-state index contributed by atoms with van der Waals surface area (Å²) in [6.45, 7) is 7.36. The number of nitrogen functional groups attached to an aromatic ring is 1. The van der Waals surface area contributed by atoms with Crippen LogP contribution in [-0.2, 0) is 9.53 Å². The number of hydrazine groups is 1. The molecule has 0 aliphatic heterocycles. The molecule has 4 N–H and O–H groups in total. The molecule has 1 heterocycles.